The molecule has 0 aliphatic heterocycles. The summed E-state index contributed by atoms with van der Waals surface area (Å²) in [5.74, 6) is 1.89. The number of rotatable bonds is 3. The summed E-state index contributed by atoms with van der Waals surface area (Å²) in [6, 6.07) is 0. The molecule has 0 atom stereocenters. The van der Waals surface area contributed by atoms with Crippen molar-refractivity contribution in [3.8, 4) is 0 Å². The van der Waals surface area contributed by atoms with Gasteiger partial charge < -0.3 is 9.26 Å². The number of aromatic nitrogens is 2. The van der Waals surface area contributed by atoms with E-state index in [1.807, 2.05) is 0 Å². The zero-order valence-corrected chi connectivity index (χ0v) is 9.90. The van der Waals surface area contributed by atoms with E-state index in [9.17, 15) is 0 Å². The Kier molecular flexibility index (Phi) is 3.10. The van der Waals surface area contributed by atoms with E-state index in [4.69, 9.17) is 9.26 Å². The topological polar surface area (TPSA) is 48.2 Å². The molecular weight excluding hydrogens is 204 g/mol. The van der Waals surface area contributed by atoms with Crippen LogP contribution in [0.2, 0.25) is 0 Å². The monoisotopic (exact) mass is 222 g/mol. The number of nitrogens with zero attached hydrogens (tertiary/aromatic N) is 2. The largest absolute Gasteiger partial charge is 0.370 e. The molecule has 0 spiro atoms. The first-order chi connectivity index (χ1) is 7.70. The molecule has 16 heavy (non-hydrogen) atoms. The van der Waals surface area contributed by atoms with Gasteiger partial charge in [0.05, 0.1) is 0 Å². The van der Waals surface area contributed by atoms with Gasteiger partial charge >= 0.3 is 0 Å². The summed E-state index contributed by atoms with van der Waals surface area (Å²) in [7, 11) is 1.72. The van der Waals surface area contributed by atoms with E-state index in [-0.39, 0.29) is 5.60 Å². The second-order valence-electron chi connectivity index (χ2n) is 4.54. The molecule has 0 aromatic carbocycles. The molecule has 1 fully saturated rings. The summed E-state index contributed by atoms with van der Waals surface area (Å²) in [5.41, 5.74) is -0.350. The van der Waals surface area contributed by atoms with Crippen LogP contribution in [0, 0.1) is 5.92 Å². The molecule has 4 heteroatoms. The zero-order chi connectivity index (χ0) is 11.6. The van der Waals surface area contributed by atoms with Crippen molar-refractivity contribution in [2.75, 3.05) is 7.11 Å². The van der Waals surface area contributed by atoms with Gasteiger partial charge in [0, 0.05) is 7.11 Å². The molecule has 88 valence electrons. The lowest BCUT2D eigenvalue weighted by Crippen LogP contribution is -2.34. The molecule has 2 rings (SSSR count). The summed E-state index contributed by atoms with van der Waals surface area (Å²) in [6.45, 7) is 5.88. The summed E-state index contributed by atoms with van der Waals surface area (Å²) in [6.07, 6.45) is 5.77. The maximum atomic E-state index is 5.65. The van der Waals surface area contributed by atoms with Crippen LogP contribution in [0.5, 0.6) is 0 Å². The highest BCUT2D eigenvalue weighted by molar-refractivity contribution is 5.33. The number of hydrogen-bond donors (Lipinski definition) is 0. The van der Waals surface area contributed by atoms with Gasteiger partial charge in [-0.15, -0.1) is 0 Å². The van der Waals surface area contributed by atoms with Crippen LogP contribution in [0.3, 0.4) is 0 Å². The van der Waals surface area contributed by atoms with Crippen molar-refractivity contribution in [2.24, 2.45) is 5.92 Å². The third-order valence-corrected chi connectivity index (χ3v) is 3.50. The fourth-order valence-electron chi connectivity index (χ4n) is 2.25. The van der Waals surface area contributed by atoms with Gasteiger partial charge in [0.15, 0.2) is 0 Å². The fraction of sp³-hybridized carbons (Fsp3) is 0.667. The minimum absolute atomic E-state index is 0.350. The second-order valence-corrected chi connectivity index (χ2v) is 4.54. The fourth-order valence-corrected chi connectivity index (χ4v) is 2.25. The molecule has 1 aliphatic rings. The van der Waals surface area contributed by atoms with Gasteiger partial charge in [-0.25, -0.2) is 0 Å². The van der Waals surface area contributed by atoms with Crippen LogP contribution in [-0.2, 0) is 10.3 Å². The van der Waals surface area contributed by atoms with E-state index in [2.05, 4.69) is 23.6 Å². The van der Waals surface area contributed by atoms with Gasteiger partial charge in [-0.3, -0.25) is 0 Å². The Balaban J connectivity index is 2.23. The summed E-state index contributed by atoms with van der Waals surface area (Å²) in [4.78, 5) is 4.30. The van der Waals surface area contributed by atoms with E-state index >= 15 is 0 Å². The minimum atomic E-state index is -0.350. The van der Waals surface area contributed by atoms with Crippen LogP contribution in [0.4, 0.5) is 0 Å². The van der Waals surface area contributed by atoms with Crippen LogP contribution >= 0.6 is 0 Å². The van der Waals surface area contributed by atoms with Crippen molar-refractivity contribution in [1.82, 2.24) is 10.1 Å². The number of ether oxygens (including phenoxy) is 1. The highest BCUT2D eigenvalue weighted by atomic mass is 16.5. The standard InChI is InChI=1S/C12H18N2O2/c1-4-10-13-11(14-16-10)12(15-3)7-5-9(2)6-8-12/h4,9H,1,5-8H2,2-3H3. The average molecular weight is 222 g/mol. The summed E-state index contributed by atoms with van der Waals surface area (Å²) in [5, 5.41) is 4.00. The van der Waals surface area contributed by atoms with E-state index < -0.39 is 0 Å². The van der Waals surface area contributed by atoms with Crippen molar-refractivity contribution in [1.29, 1.82) is 0 Å². The third kappa shape index (κ3) is 1.89. The van der Waals surface area contributed by atoms with Crippen molar-refractivity contribution < 1.29 is 9.26 Å². The molecule has 0 saturated heterocycles. The first-order valence-corrected chi connectivity index (χ1v) is 5.72. The Morgan fingerprint density at radius 1 is 1.50 bits per heavy atom. The molecule has 0 unspecified atom stereocenters. The molecule has 0 radical (unpaired) electrons. The third-order valence-electron chi connectivity index (χ3n) is 3.50. The van der Waals surface area contributed by atoms with Crippen molar-refractivity contribution >= 4 is 6.08 Å². The number of methoxy groups -OCH3 is 1. The second kappa shape index (κ2) is 4.37. The highest BCUT2D eigenvalue weighted by Gasteiger charge is 2.40. The van der Waals surface area contributed by atoms with Gasteiger partial charge in [-0.05, 0) is 37.7 Å². The Hall–Kier alpha value is -1.16. The minimum Gasteiger partial charge on any atom is -0.370 e. The van der Waals surface area contributed by atoms with Crippen molar-refractivity contribution in [2.45, 2.75) is 38.2 Å². The van der Waals surface area contributed by atoms with Crippen LogP contribution < -0.4 is 0 Å². The van der Waals surface area contributed by atoms with Crippen LogP contribution in [0.25, 0.3) is 6.08 Å². The zero-order valence-electron chi connectivity index (χ0n) is 9.90. The first-order valence-electron chi connectivity index (χ1n) is 5.72. The van der Waals surface area contributed by atoms with Gasteiger partial charge in [0.1, 0.15) is 5.60 Å². The lowest BCUT2D eigenvalue weighted by molar-refractivity contribution is -0.0609. The maximum absolute atomic E-state index is 5.65. The predicted molar refractivity (Wildman–Crippen MR) is 60.7 cm³/mol. The quantitative estimate of drug-likeness (QED) is 0.789. The molecule has 4 nitrogen and oxygen atoms in total. The Morgan fingerprint density at radius 2 is 2.19 bits per heavy atom. The van der Waals surface area contributed by atoms with Crippen molar-refractivity contribution in [3.05, 3.63) is 18.3 Å². The number of hydrogen-bond acceptors (Lipinski definition) is 4. The summed E-state index contributed by atoms with van der Waals surface area (Å²) < 4.78 is 10.7. The molecule has 1 heterocycles. The first kappa shape index (κ1) is 11.3. The van der Waals surface area contributed by atoms with Crippen LogP contribution in [-0.4, -0.2) is 17.3 Å². The molecule has 1 aromatic heterocycles. The molecule has 0 bridgehead atoms. The average Bonchev–Trinajstić information content (AvgIpc) is 2.80. The normalized spacial score (nSPS) is 30.2. The van der Waals surface area contributed by atoms with Gasteiger partial charge in [-0.2, -0.15) is 4.98 Å². The Bertz CT molecular complexity index is 365. The van der Waals surface area contributed by atoms with E-state index in [0.29, 0.717) is 11.7 Å². The van der Waals surface area contributed by atoms with Gasteiger partial charge in [0.25, 0.3) is 0 Å². The van der Waals surface area contributed by atoms with Crippen LogP contribution in [0.1, 0.15) is 44.3 Å². The Labute approximate surface area is 95.7 Å². The lowest BCUT2D eigenvalue weighted by Gasteiger charge is -2.35. The summed E-state index contributed by atoms with van der Waals surface area (Å²) >= 11 is 0. The van der Waals surface area contributed by atoms with E-state index in [1.165, 1.54) is 0 Å². The SMILES string of the molecule is C=Cc1nc(C2(OC)CCC(C)CC2)no1. The molecular formula is C12H18N2O2. The molecule has 1 aliphatic carbocycles. The van der Waals surface area contributed by atoms with Crippen LogP contribution in [0.15, 0.2) is 11.1 Å². The molecule has 1 saturated carbocycles. The lowest BCUT2D eigenvalue weighted by atomic mass is 9.79. The van der Waals surface area contributed by atoms with Gasteiger partial charge in [0.2, 0.25) is 11.7 Å². The van der Waals surface area contributed by atoms with E-state index in [1.54, 1.807) is 13.2 Å². The Morgan fingerprint density at radius 3 is 2.69 bits per heavy atom. The predicted octanol–water partition coefficient (Wildman–Crippen LogP) is 2.76. The smallest absolute Gasteiger partial charge is 0.250 e. The van der Waals surface area contributed by atoms with Gasteiger partial charge in [-0.1, -0.05) is 18.7 Å². The maximum Gasteiger partial charge on any atom is 0.250 e. The van der Waals surface area contributed by atoms with Crippen molar-refractivity contribution in [3.63, 3.8) is 0 Å². The highest BCUT2D eigenvalue weighted by Crippen LogP contribution is 2.40. The molecule has 0 amide bonds. The molecule has 0 N–H and O–H groups in total. The van der Waals surface area contributed by atoms with E-state index in [0.717, 1.165) is 31.6 Å². The molecule has 1 aromatic rings.